The number of Topliss-reactive ketones (excluding diaryl/α,β-unsaturated/α-hetero) is 1. The Kier molecular flexibility index (Phi) is 4.76. The minimum absolute atomic E-state index is 0.00992. The molecule has 98 valence electrons. The molecule has 18 heavy (non-hydrogen) atoms. The molecule has 0 unspecified atom stereocenters. The Balaban J connectivity index is 2.58. The fraction of sp³-hybridized carbons (Fsp3) is 0.333. The highest BCUT2D eigenvalue weighted by molar-refractivity contribution is 5.96. The maximum absolute atomic E-state index is 13.3. The number of carbonyl (C=O) groups is 2. The summed E-state index contributed by atoms with van der Waals surface area (Å²) in [5.41, 5.74) is -0.182. The van der Waals surface area contributed by atoms with Gasteiger partial charge in [0.2, 0.25) is 0 Å². The molecule has 6 heteroatoms. The molecule has 1 aromatic rings. The van der Waals surface area contributed by atoms with Crippen molar-refractivity contribution >= 4 is 11.9 Å². The molecule has 0 saturated carbocycles. The number of ketones is 1. The van der Waals surface area contributed by atoms with E-state index in [-0.39, 0.29) is 18.4 Å². The maximum atomic E-state index is 13.3. The van der Waals surface area contributed by atoms with Crippen LogP contribution in [-0.4, -0.2) is 23.0 Å². The highest BCUT2D eigenvalue weighted by Gasteiger charge is 2.14. The molecule has 0 spiro atoms. The van der Waals surface area contributed by atoms with Gasteiger partial charge >= 0.3 is 6.09 Å². The highest BCUT2D eigenvalue weighted by atomic mass is 19.1. The van der Waals surface area contributed by atoms with E-state index < -0.39 is 29.6 Å². The second-order valence-corrected chi connectivity index (χ2v) is 3.94. The van der Waals surface area contributed by atoms with Gasteiger partial charge in [-0.25, -0.2) is 13.6 Å². The van der Waals surface area contributed by atoms with E-state index in [4.69, 9.17) is 5.11 Å². The van der Waals surface area contributed by atoms with Crippen molar-refractivity contribution in [3.05, 3.63) is 35.4 Å². The second kappa shape index (κ2) is 6.09. The fourth-order valence-electron chi connectivity index (χ4n) is 1.48. The third kappa shape index (κ3) is 4.12. The first kappa shape index (κ1) is 14.1. The van der Waals surface area contributed by atoms with Gasteiger partial charge in [-0.2, -0.15) is 0 Å². The van der Waals surface area contributed by atoms with Crippen LogP contribution < -0.4 is 5.32 Å². The van der Waals surface area contributed by atoms with E-state index in [1.807, 2.05) is 0 Å². The summed E-state index contributed by atoms with van der Waals surface area (Å²) < 4.78 is 25.9. The summed E-state index contributed by atoms with van der Waals surface area (Å²) in [6.45, 7) is 1.60. The molecule has 0 bridgehead atoms. The Morgan fingerprint density at radius 1 is 1.39 bits per heavy atom. The quantitative estimate of drug-likeness (QED) is 0.797. The number of carboxylic acid groups (broad SMARTS) is 1. The van der Waals surface area contributed by atoms with Crippen LogP contribution in [0.4, 0.5) is 13.6 Å². The Bertz CT molecular complexity index is 463. The van der Waals surface area contributed by atoms with Gasteiger partial charge in [0.05, 0.1) is 5.56 Å². The zero-order valence-corrected chi connectivity index (χ0v) is 9.74. The van der Waals surface area contributed by atoms with Gasteiger partial charge in [-0.15, -0.1) is 0 Å². The van der Waals surface area contributed by atoms with E-state index in [1.165, 1.54) is 0 Å². The summed E-state index contributed by atoms with van der Waals surface area (Å²) in [6, 6.07) is 2.33. The molecular formula is C12H13F2NO3. The highest BCUT2D eigenvalue weighted by Crippen LogP contribution is 2.13. The summed E-state index contributed by atoms with van der Waals surface area (Å²) in [4.78, 5) is 21.9. The standard InChI is InChI=1S/C12H13F2NO3/c1-7(15-12(17)18)2-5-11(16)9-4-3-8(13)6-10(9)14/h3-4,6-7,15H,2,5H2,1H3,(H,17,18)/t7-/m0/s1. The van der Waals surface area contributed by atoms with Gasteiger partial charge in [-0.3, -0.25) is 4.79 Å². The first-order chi connectivity index (χ1) is 8.40. The van der Waals surface area contributed by atoms with Crippen LogP contribution in [0, 0.1) is 11.6 Å². The van der Waals surface area contributed by atoms with E-state index in [1.54, 1.807) is 6.92 Å². The summed E-state index contributed by atoms with van der Waals surface area (Å²) in [5, 5.41) is 10.6. The van der Waals surface area contributed by atoms with Gasteiger partial charge in [-0.1, -0.05) is 0 Å². The van der Waals surface area contributed by atoms with E-state index in [9.17, 15) is 18.4 Å². The van der Waals surface area contributed by atoms with Gasteiger partial charge in [0.1, 0.15) is 11.6 Å². The van der Waals surface area contributed by atoms with Crippen molar-refractivity contribution in [2.45, 2.75) is 25.8 Å². The van der Waals surface area contributed by atoms with Crippen molar-refractivity contribution in [2.24, 2.45) is 0 Å². The van der Waals surface area contributed by atoms with Crippen LogP contribution in [0.15, 0.2) is 18.2 Å². The number of nitrogens with one attached hydrogen (secondary N) is 1. The van der Waals surface area contributed by atoms with Crippen LogP contribution in [0.3, 0.4) is 0 Å². The van der Waals surface area contributed by atoms with Gasteiger partial charge in [0.25, 0.3) is 0 Å². The largest absolute Gasteiger partial charge is 0.465 e. The molecular weight excluding hydrogens is 244 g/mol. The molecule has 0 aliphatic carbocycles. The molecule has 0 heterocycles. The molecule has 2 N–H and O–H groups in total. The van der Waals surface area contributed by atoms with Gasteiger partial charge in [0, 0.05) is 18.5 Å². The minimum Gasteiger partial charge on any atom is -0.465 e. The minimum atomic E-state index is -1.18. The Morgan fingerprint density at radius 3 is 2.61 bits per heavy atom. The number of carbonyl (C=O) groups excluding carboxylic acids is 1. The van der Waals surface area contributed by atoms with Gasteiger partial charge < -0.3 is 10.4 Å². The molecule has 4 nitrogen and oxygen atoms in total. The number of benzene rings is 1. The van der Waals surface area contributed by atoms with Crippen LogP contribution in [0.2, 0.25) is 0 Å². The Hall–Kier alpha value is -1.98. The number of hydrogen-bond acceptors (Lipinski definition) is 2. The van der Waals surface area contributed by atoms with Crippen LogP contribution in [-0.2, 0) is 0 Å². The van der Waals surface area contributed by atoms with Crippen LogP contribution in [0.1, 0.15) is 30.1 Å². The van der Waals surface area contributed by atoms with E-state index in [0.717, 1.165) is 12.1 Å². The molecule has 0 aliphatic heterocycles. The van der Waals surface area contributed by atoms with Crippen molar-refractivity contribution in [3.8, 4) is 0 Å². The van der Waals surface area contributed by atoms with Crippen molar-refractivity contribution in [1.82, 2.24) is 5.32 Å². The molecule has 1 rings (SSSR count). The smallest absolute Gasteiger partial charge is 0.404 e. The molecule has 0 aromatic heterocycles. The van der Waals surface area contributed by atoms with Crippen LogP contribution in [0.25, 0.3) is 0 Å². The summed E-state index contributed by atoms with van der Waals surface area (Å²) in [6.07, 6.45) is -0.936. The fourth-order valence-corrected chi connectivity index (χ4v) is 1.48. The number of amides is 1. The van der Waals surface area contributed by atoms with Gasteiger partial charge in [0.15, 0.2) is 5.78 Å². The lowest BCUT2D eigenvalue weighted by Gasteiger charge is -2.10. The van der Waals surface area contributed by atoms with E-state index >= 15 is 0 Å². The Labute approximate surface area is 103 Å². The zero-order valence-electron chi connectivity index (χ0n) is 9.74. The first-order valence-corrected chi connectivity index (χ1v) is 5.38. The lowest BCUT2D eigenvalue weighted by molar-refractivity contribution is 0.0971. The van der Waals surface area contributed by atoms with Gasteiger partial charge in [-0.05, 0) is 25.5 Å². The van der Waals surface area contributed by atoms with Crippen LogP contribution >= 0.6 is 0 Å². The zero-order chi connectivity index (χ0) is 13.7. The predicted octanol–water partition coefficient (Wildman–Crippen LogP) is 2.58. The number of hydrogen-bond donors (Lipinski definition) is 2. The number of rotatable bonds is 5. The third-order valence-corrected chi connectivity index (χ3v) is 2.41. The molecule has 0 radical (unpaired) electrons. The maximum Gasteiger partial charge on any atom is 0.404 e. The van der Waals surface area contributed by atoms with Crippen molar-refractivity contribution in [3.63, 3.8) is 0 Å². The normalized spacial score (nSPS) is 11.9. The van der Waals surface area contributed by atoms with E-state index in [0.29, 0.717) is 6.07 Å². The van der Waals surface area contributed by atoms with Crippen molar-refractivity contribution in [2.75, 3.05) is 0 Å². The second-order valence-electron chi connectivity index (χ2n) is 3.94. The molecule has 0 fully saturated rings. The topological polar surface area (TPSA) is 66.4 Å². The van der Waals surface area contributed by atoms with E-state index in [2.05, 4.69) is 5.32 Å². The summed E-state index contributed by atoms with van der Waals surface area (Å²) in [5.74, 6) is -2.13. The first-order valence-electron chi connectivity index (χ1n) is 5.38. The monoisotopic (exact) mass is 257 g/mol. The van der Waals surface area contributed by atoms with Crippen molar-refractivity contribution in [1.29, 1.82) is 0 Å². The number of halogens is 2. The van der Waals surface area contributed by atoms with Crippen LogP contribution in [0.5, 0.6) is 0 Å². The summed E-state index contributed by atoms with van der Waals surface area (Å²) >= 11 is 0. The average molecular weight is 257 g/mol. The molecule has 1 aromatic carbocycles. The SMILES string of the molecule is C[C@@H](CCC(=O)c1ccc(F)cc1F)NC(=O)O. The van der Waals surface area contributed by atoms with Crippen molar-refractivity contribution < 1.29 is 23.5 Å². The third-order valence-electron chi connectivity index (χ3n) is 2.41. The lowest BCUT2D eigenvalue weighted by atomic mass is 10.0. The molecule has 1 amide bonds. The molecule has 0 aliphatic rings. The Morgan fingerprint density at radius 2 is 2.06 bits per heavy atom. The lowest BCUT2D eigenvalue weighted by Crippen LogP contribution is -2.31. The summed E-state index contributed by atoms with van der Waals surface area (Å²) in [7, 11) is 0. The predicted molar refractivity (Wildman–Crippen MR) is 60.5 cm³/mol. The molecule has 1 atom stereocenters. The molecule has 0 saturated heterocycles. The average Bonchev–Trinajstić information content (AvgIpc) is 2.25.